The highest BCUT2D eigenvalue weighted by Gasteiger charge is 2.07. The maximum absolute atomic E-state index is 13.0. The number of hydrogen-bond acceptors (Lipinski definition) is 3. The Morgan fingerprint density at radius 2 is 2.31 bits per heavy atom. The lowest BCUT2D eigenvalue weighted by Crippen LogP contribution is -2.38. The van der Waals surface area contributed by atoms with Gasteiger partial charge in [-0.05, 0) is 36.3 Å². The van der Waals surface area contributed by atoms with E-state index in [1.54, 1.807) is 12.1 Å². The minimum Gasteiger partial charge on any atom is -0.271 e. The molecular weight excluding hydrogens is 223 g/mol. The zero-order valence-corrected chi connectivity index (χ0v) is 10.4. The normalized spacial score (nSPS) is 12.7. The summed E-state index contributed by atoms with van der Waals surface area (Å²) < 4.78 is 13.0. The first-order chi connectivity index (χ1) is 7.76. The van der Waals surface area contributed by atoms with Crippen LogP contribution in [0.3, 0.4) is 0 Å². The lowest BCUT2D eigenvalue weighted by atomic mass is 10.1. The summed E-state index contributed by atoms with van der Waals surface area (Å²) in [6.45, 7) is 2.16. The first-order valence-electron chi connectivity index (χ1n) is 5.54. The molecule has 0 radical (unpaired) electrons. The van der Waals surface area contributed by atoms with Crippen LogP contribution in [-0.4, -0.2) is 17.5 Å². The van der Waals surface area contributed by atoms with Crippen LogP contribution in [0, 0.1) is 5.82 Å². The number of benzene rings is 1. The summed E-state index contributed by atoms with van der Waals surface area (Å²) in [5.41, 5.74) is 3.77. The molecule has 0 aromatic heterocycles. The molecule has 3 N–H and O–H groups in total. The van der Waals surface area contributed by atoms with Crippen molar-refractivity contribution in [3.05, 3.63) is 35.6 Å². The van der Waals surface area contributed by atoms with Gasteiger partial charge in [0.15, 0.2) is 0 Å². The van der Waals surface area contributed by atoms with Gasteiger partial charge in [0.2, 0.25) is 0 Å². The van der Waals surface area contributed by atoms with Crippen molar-refractivity contribution in [2.75, 3.05) is 11.5 Å². The van der Waals surface area contributed by atoms with Crippen molar-refractivity contribution in [2.24, 2.45) is 5.84 Å². The van der Waals surface area contributed by atoms with Crippen LogP contribution in [0.4, 0.5) is 4.39 Å². The SMILES string of the molecule is CCCSCC(Cc1cccc(F)c1)NN. The highest BCUT2D eigenvalue weighted by Crippen LogP contribution is 2.10. The minimum absolute atomic E-state index is 0.186. The van der Waals surface area contributed by atoms with Gasteiger partial charge in [0, 0.05) is 11.8 Å². The summed E-state index contributed by atoms with van der Waals surface area (Å²) in [7, 11) is 0. The van der Waals surface area contributed by atoms with Gasteiger partial charge in [0.25, 0.3) is 0 Å². The molecule has 0 saturated heterocycles. The fourth-order valence-corrected chi connectivity index (χ4v) is 2.44. The predicted octanol–water partition coefficient (Wildman–Crippen LogP) is 2.34. The Balaban J connectivity index is 2.43. The number of nitrogens with two attached hydrogens (primary N) is 1. The summed E-state index contributed by atoms with van der Waals surface area (Å²) in [5, 5.41) is 0. The molecule has 0 spiro atoms. The van der Waals surface area contributed by atoms with E-state index < -0.39 is 0 Å². The molecule has 0 saturated carbocycles. The van der Waals surface area contributed by atoms with Gasteiger partial charge < -0.3 is 0 Å². The van der Waals surface area contributed by atoms with E-state index in [-0.39, 0.29) is 11.9 Å². The van der Waals surface area contributed by atoms with Gasteiger partial charge in [-0.25, -0.2) is 4.39 Å². The zero-order valence-electron chi connectivity index (χ0n) is 9.58. The third-order valence-electron chi connectivity index (χ3n) is 2.27. The molecule has 16 heavy (non-hydrogen) atoms. The summed E-state index contributed by atoms with van der Waals surface area (Å²) in [6.07, 6.45) is 1.94. The molecule has 0 aliphatic heterocycles. The molecule has 0 heterocycles. The fourth-order valence-electron chi connectivity index (χ4n) is 1.48. The lowest BCUT2D eigenvalue weighted by molar-refractivity contribution is 0.570. The molecule has 0 aliphatic carbocycles. The molecule has 4 heteroatoms. The second-order valence-electron chi connectivity index (χ2n) is 3.77. The van der Waals surface area contributed by atoms with E-state index in [9.17, 15) is 4.39 Å². The van der Waals surface area contributed by atoms with E-state index in [2.05, 4.69) is 12.3 Å². The molecule has 0 fully saturated rings. The van der Waals surface area contributed by atoms with Crippen molar-refractivity contribution < 1.29 is 4.39 Å². The zero-order chi connectivity index (χ0) is 11.8. The van der Waals surface area contributed by atoms with E-state index in [1.165, 1.54) is 12.5 Å². The Morgan fingerprint density at radius 3 is 2.94 bits per heavy atom. The van der Waals surface area contributed by atoms with Crippen LogP contribution in [0.1, 0.15) is 18.9 Å². The number of thioether (sulfide) groups is 1. The highest BCUT2D eigenvalue weighted by molar-refractivity contribution is 7.99. The predicted molar refractivity (Wildman–Crippen MR) is 68.8 cm³/mol. The number of rotatable bonds is 7. The Bertz CT molecular complexity index is 307. The molecule has 1 unspecified atom stereocenters. The summed E-state index contributed by atoms with van der Waals surface area (Å²) >= 11 is 1.87. The van der Waals surface area contributed by atoms with Crippen molar-refractivity contribution >= 4 is 11.8 Å². The van der Waals surface area contributed by atoms with Crippen LogP contribution >= 0.6 is 11.8 Å². The minimum atomic E-state index is -0.186. The van der Waals surface area contributed by atoms with Gasteiger partial charge >= 0.3 is 0 Å². The third kappa shape index (κ3) is 4.96. The number of halogens is 1. The summed E-state index contributed by atoms with van der Waals surface area (Å²) in [4.78, 5) is 0. The van der Waals surface area contributed by atoms with E-state index in [0.717, 1.165) is 23.5 Å². The average Bonchev–Trinajstić information content (AvgIpc) is 2.28. The monoisotopic (exact) mass is 242 g/mol. The molecule has 0 bridgehead atoms. The number of hydrogen-bond donors (Lipinski definition) is 2. The number of nitrogens with one attached hydrogen (secondary N) is 1. The Labute approximate surface area is 101 Å². The Hall–Kier alpha value is -0.580. The van der Waals surface area contributed by atoms with Crippen LogP contribution in [0.15, 0.2) is 24.3 Å². The van der Waals surface area contributed by atoms with E-state index in [1.807, 2.05) is 17.8 Å². The van der Waals surface area contributed by atoms with Crippen molar-refractivity contribution in [1.82, 2.24) is 5.43 Å². The quantitative estimate of drug-likeness (QED) is 0.438. The van der Waals surface area contributed by atoms with Crippen LogP contribution in [0.25, 0.3) is 0 Å². The first-order valence-corrected chi connectivity index (χ1v) is 6.70. The highest BCUT2D eigenvalue weighted by atomic mass is 32.2. The smallest absolute Gasteiger partial charge is 0.123 e. The van der Waals surface area contributed by atoms with Crippen molar-refractivity contribution in [2.45, 2.75) is 25.8 Å². The largest absolute Gasteiger partial charge is 0.271 e. The second-order valence-corrected chi connectivity index (χ2v) is 4.92. The third-order valence-corrected chi connectivity index (χ3v) is 3.61. The van der Waals surface area contributed by atoms with Gasteiger partial charge in [-0.15, -0.1) is 0 Å². The number of hydrazine groups is 1. The van der Waals surface area contributed by atoms with Gasteiger partial charge in [-0.2, -0.15) is 11.8 Å². The molecule has 0 aliphatic rings. The molecule has 1 rings (SSSR count). The molecule has 1 aromatic rings. The lowest BCUT2D eigenvalue weighted by Gasteiger charge is -2.15. The first kappa shape index (κ1) is 13.5. The van der Waals surface area contributed by atoms with E-state index >= 15 is 0 Å². The molecule has 1 aromatic carbocycles. The fraction of sp³-hybridized carbons (Fsp3) is 0.500. The summed E-state index contributed by atoms with van der Waals surface area (Å²) in [5.74, 6) is 7.40. The Kier molecular flexibility index (Phi) is 6.45. The van der Waals surface area contributed by atoms with Crippen LogP contribution in [-0.2, 0) is 6.42 Å². The maximum atomic E-state index is 13.0. The maximum Gasteiger partial charge on any atom is 0.123 e. The van der Waals surface area contributed by atoms with Gasteiger partial charge in [0.1, 0.15) is 5.82 Å². The van der Waals surface area contributed by atoms with Gasteiger partial charge in [0.05, 0.1) is 0 Å². The van der Waals surface area contributed by atoms with Crippen molar-refractivity contribution in [3.63, 3.8) is 0 Å². The second kappa shape index (κ2) is 7.65. The molecule has 0 amide bonds. The van der Waals surface area contributed by atoms with Crippen molar-refractivity contribution in [3.8, 4) is 0 Å². The average molecular weight is 242 g/mol. The van der Waals surface area contributed by atoms with Crippen LogP contribution in [0.2, 0.25) is 0 Å². The topological polar surface area (TPSA) is 38.0 Å². The van der Waals surface area contributed by atoms with E-state index in [0.29, 0.717) is 0 Å². The summed E-state index contributed by atoms with van der Waals surface area (Å²) in [6, 6.07) is 6.89. The van der Waals surface area contributed by atoms with Crippen molar-refractivity contribution in [1.29, 1.82) is 0 Å². The molecule has 2 nitrogen and oxygen atoms in total. The molecule has 90 valence electrons. The van der Waals surface area contributed by atoms with Crippen LogP contribution < -0.4 is 11.3 Å². The molecule has 1 atom stereocenters. The van der Waals surface area contributed by atoms with Gasteiger partial charge in [-0.3, -0.25) is 11.3 Å². The Morgan fingerprint density at radius 1 is 1.50 bits per heavy atom. The molecular formula is C12H19FN2S. The van der Waals surface area contributed by atoms with Crippen LogP contribution in [0.5, 0.6) is 0 Å². The van der Waals surface area contributed by atoms with E-state index in [4.69, 9.17) is 5.84 Å². The van der Waals surface area contributed by atoms with Gasteiger partial charge in [-0.1, -0.05) is 19.1 Å². The standard InChI is InChI=1S/C12H19FN2S/c1-2-6-16-9-12(15-14)8-10-4-3-5-11(13)7-10/h3-5,7,12,15H,2,6,8-9,14H2,1H3.